The minimum absolute atomic E-state index is 0.153. The predicted octanol–water partition coefficient (Wildman–Crippen LogP) is 1.96. The molecule has 10 heteroatoms. The summed E-state index contributed by atoms with van der Waals surface area (Å²) >= 11 is 0. The molecule has 2 unspecified atom stereocenters. The monoisotopic (exact) mass is 453 g/mol. The summed E-state index contributed by atoms with van der Waals surface area (Å²) in [6, 6.07) is 4.54. The molecule has 0 saturated carbocycles. The number of rotatable bonds is 11. The number of carbonyl (C=O) groups is 3. The van der Waals surface area contributed by atoms with E-state index in [4.69, 9.17) is 14.7 Å². The maximum Gasteiger partial charge on any atom is 0.278 e. The van der Waals surface area contributed by atoms with Crippen LogP contribution in [0.3, 0.4) is 0 Å². The zero-order valence-corrected chi connectivity index (χ0v) is 18.7. The average molecular weight is 454 g/mol. The second kappa shape index (κ2) is 12.2. The molecular weight excluding hydrogens is 421 g/mol. The Kier molecular flexibility index (Phi) is 9.70. The molecule has 0 bridgehead atoms. The summed E-state index contributed by atoms with van der Waals surface area (Å²) in [4.78, 5) is 38.9. The fourth-order valence-electron chi connectivity index (χ4n) is 3.88. The van der Waals surface area contributed by atoms with E-state index in [9.17, 15) is 18.8 Å². The number of unbranched alkanes of at least 4 members (excludes halogenated alkanes) is 1. The topological polar surface area (TPSA) is 117 Å². The van der Waals surface area contributed by atoms with Crippen LogP contribution in [0.15, 0.2) is 18.2 Å². The van der Waals surface area contributed by atoms with Crippen molar-refractivity contribution in [2.75, 3.05) is 20.8 Å². The zero-order chi connectivity index (χ0) is 23.7. The number of alkyl halides is 1. The number of halogens is 1. The van der Waals surface area contributed by atoms with Crippen LogP contribution in [0.4, 0.5) is 4.39 Å². The Morgan fingerprint density at radius 2 is 1.97 bits per heavy atom. The molecule has 3 amide bonds. The van der Waals surface area contributed by atoms with E-state index in [1.807, 2.05) is 6.92 Å². The Labute approximate surface area is 187 Å². The second-order valence-electron chi connectivity index (χ2n) is 7.72. The molecule has 1 aliphatic heterocycles. The lowest BCUT2D eigenvalue weighted by Gasteiger charge is -2.29. The Morgan fingerprint density at radius 3 is 2.59 bits per heavy atom. The number of nitrogens with zero attached hydrogens (tertiary/aromatic N) is 1. The summed E-state index contributed by atoms with van der Waals surface area (Å²) in [6.45, 7) is 2.42. The van der Waals surface area contributed by atoms with E-state index in [1.54, 1.807) is 18.2 Å². The quantitative estimate of drug-likeness (QED) is 0.348. The smallest absolute Gasteiger partial charge is 0.278 e. The molecule has 9 nitrogen and oxygen atoms in total. The standard InChI is InChI=1S/C22H32FN3O6/c1-4-5-7-15(19(23)21(28)25-30)22(29)26-11-6-8-16(26)20(27)24-13-14-9-10-17(31-2)18(12-14)32-3/h9-10,12,15-16,19,30H,4-8,11,13H2,1-3H3,(H,24,27)(H,25,28)/t15?,16-,19?/m0/s1. The van der Waals surface area contributed by atoms with E-state index in [1.165, 1.54) is 24.6 Å². The first-order valence-corrected chi connectivity index (χ1v) is 10.7. The van der Waals surface area contributed by atoms with E-state index >= 15 is 0 Å². The number of methoxy groups -OCH3 is 2. The largest absolute Gasteiger partial charge is 0.493 e. The number of ether oxygens (including phenoxy) is 2. The number of hydrogen-bond acceptors (Lipinski definition) is 6. The minimum atomic E-state index is -2.19. The van der Waals surface area contributed by atoms with Gasteiger partial charge in [0.25, 0.3) is 5.91 Å². The molecular formula is C22H32FN3O6. The summed E-state index contributed by atoms with van der Waals surface area (Å²) in [5, 5.41) is 11.6. The SMILES string of the molecule is CCCCC(C(=O)N1CCC[C@H]1C(=O)NCc1ccc(OC)c(OC)c1)C(F)C(=O)NO. The minimum Gasteiger partial charge on any atom is -0.493 e. The third-order valence-electron chi connectivity index (χ3n) is 5.65. The van der Waals surface area contributed by atoms with Gasteiger partial charge in [-0.1, -0.05) is 25.8 Å². The van der Waals surface area contributed by atoms with Gasteiger partial charge in [0.05, 0.1) is 20.1 Å². The van der Waals surface area contributed by atoms with Gasteiger partial charge in [0.1, 0.15) is 6.04 Å². The van der Waals surface area contributed by atoms with E-state index in [-0.39, 0.29) is 18.9 Å². The summed E-state index contributed by atoms with van der Waals surface area (Å²) in [5.74, 6) is -2.33. The molecule has 3 N–H and O–H groups in total. The van der Waals surface area contributed by atoms with Gasteiger partial charge in [-0.05, 0) is 37.0 Å². The van der Waals surface area contributed by atoms with Crippen molar-refractivity contribution in [1.29, 1.82) is 0 Å². The maximum atomic E-state index is 14.6. The normalized spacial score (nSPS) is 17.4. The highest BCUT2D eigenvalue weighted by Gasteiger charge is 2.41. The van der Waals surface area contributed by atoms with Crippen LogP contribution in [0.5, 0.6) is 11.5 Å². The van der Waals surface area contributed by atoms with Crippen molar-refractivity contribution in [2.45, 2.75) is 57.8 Å². The fourth-order valence-corrected chi connectivity index (χ4v) is 3.88. The first kappa shape index (κ1) is 25.4. The first-order valence-electron chi connectivity index (χ1n) is 10.7. The summed E-state index contributed by atoms with van der Waals surface area (Å²) in [5.41, 5.74) is 2.06. The van der Waals surface area contributed by atoms with Crippen LogP contribution in [0, 0.1) is 5.92 Å². The highest BCUT2D eigenvalue weighted by molar-refractivity contribution is 5.92. The molecule has 32 heavy (non-hydrogen) atoms. The van der Waals surface area contributed by atoms with Gasteiger partial charge in [0.15, 0.2) is 17.7 Å². The van der Waals surface area contributed by atoms with Gasteiger partial charge in [-0.15, -0.1) is 0 Å². The van der Waals surface area contributed by atoms with Gasteiger partial charge in [-0.2, -0.15) is 0 Å². The number of hydrogen-bond donors (Lipinski definition) is 3. The van der Waals surface area contributed by atoms with E-state index in [2.05, 4.69) is 5.32 Å². The van der Waals surface area contributed by atoms with Gasteiger partial charge in [-0.25, -0.2) is 9.87 Å². The van der Waals surface area contributed by atoms with Crippen LogP contribution in [-0.4, -0.2) is 60.8 Å². The molecule has 2 rings (SSSR count). The molecule has 0 aromatic heterocycles. The molecule has 1 fully saturated rings. The van der Waals surface area contributed by atoms with Gasteiger partial charge < -0.3 is 19.7 Å². The van der Waals surface area contributed by atoms with Crippen LogP contribution in [-0.2, 0) is 20.9 Å². The number of amides is 3. The molecule has 0 spiro atoms. The van der Waals surface area contributed by atoms with Crippen molar-refractivity contribution < 1.29 is 33.5 Å². The number of benzene rings is 1. The number of carbonyl (C=O) groups excluding carboxylic acids is 3. The lowest BCUT2D eigenvalue weighted by atomic mass is 9.94. The number of nitrogens with one attached hydrogen (secondary N) is 2. The zero-order valence-electron chi connectivity index (χ0n) is 18.7. The highest BCUT2D eigenvalue weighted by atomic mass is 19.1. The van der Waals surface area contributed by atoms with E-state index < -0.39 is 29.9 Å². The molecule has 0 radical (unpaired) electrons. The van der Waals surface area contributed by atoms with Gasteiger partial charge >= 0.3 is 0 Å². The Balaban J connectivity index is 2.08. The Hall–Kier alpha value is -2.88. The number of likely N-dealkylation sites (tertiary alicyclic amines) is 1. The van der Waals surface area contributed by atoms with Crippen molar-refractivity contribution in [1.82, 2.24) is 15.7 Å². The molecule has 3 atom stereocenters. The van der Waals surface area contributed by atoms with Gasteiger partial charge in [-0.3, -0.25) is 19.6 Å². The van der Waals surface area contributed by atoms with Crippen LogP contribution in [0.25, 0.3) is 0 Å². The van der Waals surface area contributed by atoms with Crippen molar-refractivity contribution in [2.24, 2.45) is 5.92 Å². The van der Waals surface area contributed by atoms with Crippen molar-refractivity contribution >= 4 is 17.7 Å². The van der Waals surface area contributed by atoms with E-state index in [0.29, 0.717) is 43.7 Å². The molecule has 1 heterocycles. The van der Waals surface area contributed by atoms with Crippen molar-refractivity contribution in [3.8, 4) is 11.5 Å². The molecule has 1 aromatic carbocycles. The third-order valence-corrected chi connectivity index (χ3v) is 5.65. The Morgan fingerprint density at radius 1 is 1.25 bits per heavy atom. The van der Waals surface area contributed by atoms with E-state index in [0.717, 1.165) is 5.56 Å². The molecule has 1 aromatic rings. The lowest BCUT2D eigenvalue weighted by molar-refractivity contribution is -0.149. The highest BCUT2D eigenvalue weighted by Crippen LogP contribution is 2.28. The lowest BCUT2D eigenvalue weighted by Crippen LogP contribution is -2.50. The number of hydroxylamine groups is 1. The van der Waals surface area contributed by atoms with Crippen LogP contribution in [0.2, 0.25) is 0 Å². The second-order valence-corrected chi connectivity index (χ2v) is 7.72. The predicted molar refractivity (Wildman–Crippen MR) is 114 cm³/mol. The van der Waals surface area contributed by atoms with Crippen molar-refractivity contribution in [3.05, 3.63) is 23.8 Å². The fraction of sp³-hybridized carbons (Fsp3) is 0.591. The molecule has 0 aliphatic carbocycles. The van der Waals surface area contributed by atoms with Gasteiger partial charge in [0.2, 0.25) is 11.8 Å². The summed E-state index contributed by atoms with van der Waals surface area (Å²) < 4.78 is 25.0. The molecule has 1 aliphatic rings. The van der Waals surface area contributed by atoms with Gasteiger partial charge in [0, 0.05) is 13.1 Å². The Bertz CT molecular complexity index is 806. The van der Waals surface area contributed by atoms with Crippen molar-refractivity contribution in [3.63, 3.8) is 0 Å². The first-order chi connectivity index (χ1) is 15.4. The molecule has 178 valence electrons. The molecule has 1 saturated heterocycles. The van der Waals surface area contributed by atoms with Crippen LogP contribution < -0.4 is 20.3 Å². The van der Waals surface area contributed by atoms with Crippen LogP contribution in [0.1, 0.15) is 44.6 Å². The van der Waals surface area contributed by atoms with Crippen LogP contribution >= 0.6 is 0 Å². The maximum absolute atomic E-state index is 14.6. The average Bonchev–Trinajstić information content (AvgIpc) is 3.31. The summed E-state index contributed by atoms with van der Waals surface area (Å²) in [6.07, 6.45) is 0.277. The third kappa shape index (κ3) is 6.09. The summed E-state index contributed by atoms with van der Waals surface area (Å²) in [7, 11) is 3.05.